The number of aryl methyl sites for hydroxylation is 2. The molecule has 0 atom stereocenters. The zero-order valence-corrected chi connectivity index (χ0v) is 18.5. The highest BCUT2D eigenvalue weighted by Crippen LogP contribution is 2.37. The number of pyridine rings is 1. The first-order chi connectivity index (χ1) is 14.9. The summed E-state index contributed by atoms with van der Waals surface area (Å²) < 4.78 is 7.33. The van der Waals surface area contributed by atoms with Crippen LogP contribution < -0.4 is 15.4 Å². The van der Waals surface area contributed by atoms with Crippen LogP contribution in [-0.2, 0) is 4.79 Å². The zero-order valence-electron chi connectivity index (χ0n) is 17.6. The van der Waals surface area contributed by atoms with Crippen LogP contribution in [-0.4, -0.2) is 28.5 Å². The number of nitrogens with zero attached hydrogens (tertiary/aromatic N) is 2. The molecule has 0 aliphatic heterocycles. The van der Waals surface area contributed by atoms with E-state index in [0.717, 1.165) is 27.2 Å². The molecule has 0 saturated heterocycles. The first-order valence-corrected chi connectivity index (χ1v) is 10.5. The Morgan fingerprint density at radius 1 is 1.10 bits per heavy atom. The average Bonchev–Trinajstić information content (AvgIpc) is 3.35. The number of methoxy groups -OCH3 is 1. The Labute approximate surface area is 183 Å². The van der Waals surface area contributed by atoms with E-state index in [9.17, 15) is 9.59 Å². The summed E-state index contributed by atoms with van der Waals surface area (Å²) in [6.45, 7) is 5.40. The van der Waals surface area contributed by atoms with E-state index in [1.165, 1.54) is 25.4 Å². The predicted octanol–water partition coefficient (Wildman–Crippen LogP) is 4.92. The summed E-state index contributed by atoms with van der Waals surface area (Å²) in [6.07, 6.45) is 3.82. The van der Waals surface area contributed by atoms with Gasteiger partial charge in [0.2, 0.25) is 5.91 Å². The largest absolute Gasteiger partial charge is 0.495 e. The highest BCUT2D eigenvalue weighted by atomic mass is 32.1. The number of carbonyl (C=O) groups is 2. The fourth-order valence-corrected chi connectivity index (χ4v) is 4.76. The van der Waals surface area contributed by atoms with Gasteiger partial charge in [0.05, 0.1) is 18.5 Å². The Balaban J connectivity index is 1.81. The van der Waals surface area contributed by atoms with Gasteiger partial charge < -0.3 is 19.9 Å². The smallest absolute Gasteiger partial charge is 0.268 e. The molecule has 0 spiro atoms. The Hall–Kier alpha value is -3.65. The summed E-state index contributed by atoms with van der Waals surface area (Å²) in [5.74, 6) is 0.0250. The molecule has 7 nitrogen and oxygen atoms in total. The molecule has 4 aromatic rings. The third-order valence-corrected chi connectivity index (χ3v) is 5.87. The second-order valence-electron chi connectivity index (χ2n) is 7.18. The lowest BCUT2D eigenvalue weighted by molar-refractivity contribution is -0.114. The molecule has 3 heterocycles. The number of carbonyl (C=O) groups excluding carboxylic acids is 2. The number of ether oxygens (including phenoxy) is 1. The van der Waals surface area contributed by atoms with Crippen LogP contribution in [0, 0.1) is 13.8 Å². The molecule has 0 radical (unpaired) electrons. The van der Waals surface area contributed by atoms with Gasteiger partial charge in [0.1, 0.15) is 15.5 Å². The molecule has 0 bridgehead atoms. The molecular formula is C23H22N4O3S. The van der Waals surface area contributed by atoms with E-state index < -0.39 is 0 Å². The minimum atomic E-state index is -0.276. The Bertz CT molecular complexity index is 1290. The van der Waals surface area contributed by atoms with Gasteiger partial charge in [-0.05, 0) is 55.8 Å². The van der Waals surface area contributed by atoms with E-state index in [2.05, 4.69) is 15.6 Å². The fourth-order valence-electron chi connectivity index (χ4n) is 3.57. The van der Waals surface area contributed by atoms with Crippen LogP contribution in [0.2, 0.25) is 0 Å². The van der Waals surface area contributed by atoms with Crippen molar-refractivity contribution in [1.82, 2.24) is 9.55 Å². The molecule has 3 aromatic heterocycles. The van der Waals surface area contributed by atoms with Gasteiger partial charge in [-0.25, -0.2) is 4.98 Å². The topological polar surface area (TPSA) is 85.2 Å². The van der Waals surface area contributed by atoms with Crippen molar-refractivity contribution >= 4 is 44.7 Å². The number of benzene rings is 1. The highest BCUT2D eigenvalue weighted by Gasteiger charge is 2.23. The molecule has 0 unspecified atom stereocenters. The second kappa shape index (κ2) is 8.23. The van der Waals surface area contributed by atoms with Crippen LogP contribution in [0.5, 0.6) is 5.75 Å². The number of nitrogens with one attached hydrogen (secondary N) is 2. The molecule has 158 valence electrons. The summed E-state index contributed by atoms with van der Waals surface area (Å²) in [5.41, 5.74) is 3.80. The maximum atomic E-state index is 13.4. The molecule has 0 aliphatic carbocycles. The molecule has 0 saturated carbocycles. The van der Waals surface area contributed by atoms with E-state index in [1.54, 1.807) is 18.2 Å². The maximum Gasteiger partial charge on any atom is 0.268 e. The molecule has 31 heavy (non-hydrogen) atoms. The average molecular weight is 435 g/mol. The van der Waals surface area contributed by atoms with Gasteiger partial charge in [0.25, 0.3) is 5.91 Å². The number of aromatic nitrogens is 2. The maximum absolute atomic E-state index is 13.4. The summed E-state index contributed by atoms with van der Waals surface area (Å²) in [4.78, 5) is 30.8. The van der Waals surface area contributed by atoms with Gasteiger partial charge >= 0.3 is 0 Å². The van der Waals surface area contributed by atoms with Crippen molar-refractivity contribution < 1.29 is 14.3 Å². The van der Waals surface area contributed by atoms with Crippen molar-refractivity contribution in [1.29, 1.82) is 0 Å². The lowest BCUT2D eigenvalue weighted by Crippen LogP contribution is -2.14. The quantitative estimate of drug-likeness (QED) is 0.467. The molecule has 2 amide bonds. The van der Waals surface area contributed by atoms with Crippen LogP contribution >= 0.6 is 11.3 Å². The number of hydrogen-bond donors (Lipinski definition) is 2. The van der Waals surface area contributed by atoms with E-state index in [1.807, 2.05) is 49.0 Å². The van der Waals surface area contributed by atoms with E-state index >= 15 is 0 Å². The highest BCUT2D eigenvalue weighted by molar-refractivity contribution is 7.21. The molecular weight excluding hydrogens is 412 g/mol. The van der Waals surface area contributed by atoms with Crippen LogP contribution in [0.4, 0.5) is 11.4 Å². The number of hydrogen-bond acceptors (Lipinski definition) is 5. The lowest BCUT2D eigenvalue weighted by Gasteiger charge is -2.13. The molecule has 2 N–H and O–H groups in total. The second-order valence-corrected chi connectivity index (χ2v) is 8.18. The normalized spacial score (nSPS) is 10.8. The third-order valence-electron chi connectivity index (χ3n) is 4.80. The Kier molecular flexibility index (Phi) is 5.48. The van der Waals surface area contributed by atoms with Crippen molar-refractivity contribution in [2.75, 3.05) is 17.7 Å². The number of rotatable bonds is 5. The van der Waals surface area contributed by atoms with Crippen LogP contribution in [0.3, 0.4) is 0 Å². The molecule has 0 fully saturated rings. The minimum Gasteiger partial charge on any atom is -0.495 e. The Morgan fingerprint density at radius 2 is 1.84 bits per heavy atom. The van der Waals surface area contributed by atoms with Gasteiger partial charge in [-0.3, -0.25) is 9.59 Å². The minimum absolute atomic E-state index is 0.196. The molecule has 4 rings (SSSR count). The summed E-state index contributed by atoms with van der Waals surface area (Å²) in [7, 11) is 1.53. The molecule has 0 aliphatic rings. The van der Waals surface area contributed by atoms with Crippen LogP contribution in [0.25, 0.3) is 15.9 Å². The standard InChI is InChI=1S/C23H22N4O3S/c1-13-11-14(2)24-23-19(13)20(27-9-5-6-10-27)21(31-23)22(29)26-17-12-16(25-15(3)28)7-8-18(17)30-4/h5-12H,1-4H3,(H,25,28)(H,26,29). The SMILES string of the molecule is COc1ccc(NC(C)=O)cc1NC(=O)c1sc2nc(C)cc(C)c2c1-n1cccc1. The van der Waals surface area contributed by atoms with Gasteiger partial charge in [0, 0.05) is 36.1 Å². The zero-order chi connectivity index (χ0) is 22.1. The first-order valence-electron chi connectivity index (χ1n) is 9.68. The van der Waals surface area contributed by atoms with Crippen molar-refractivity contribution in [3.63, 3.8) is 0 Å². The van der Waals surface area contributed by atoms with Gasteiger partial charge in [-0.1, -0.05) is 0 Å². The first kappa shape index (κ1) is 20.6. The molecule has 8 heteroatoms. The monoisotopic (exact) mass is 434 g/mol. The summed E-state index contributed by atoms with van der Waals surface area (Å²) >= 11 is 1.35. The summed E-state index contributed by atoms with van der Waals surface area (Å²) in [6, 6.07) is 11.0. The molecule has 1 aromatic carbocycles. The van der Waals surface area contributed by atoms with Crippen LogP contribution in [0.1, 0.15) is 27.9 Å². The number of amides is 2. The number of thiophene rings is 1. The predicted molar refractivity (Wildman–Crippen MR) is 124 cm³/mol. The van der Waals surface area contributed by atoms with E-state index in [-0.39, 0.29) is 11.8 Å². The summed E-state index contributed by atoms with van der Waals surface area (Å²) in [5, 5.41) is 6.62. The van der Waals surface area contributed by atoms with Crippen molar-refractivity contribution in [2.24, 2.45) is 0 Å². The third kappa shape index (κ3) is 4.02. The van der Waals surface area contributed by atoms with Crippen molar-refractivity contribution in [3.8, 4) is 11.4 Å². The van der Waals surface area contributed by atoms with Gasteiger partial charge in [-0.2, -0.15) is 0 Å². The van der Waals surface area contributed by atoms with Gasteiger partial charge in [-0.15, -0.1) is 11.3 Å². The van der Waals surface area contributed by atoms with Crippen LogP contribution in [0.15, 0.2) is 48.8 Å². The van der Waals surface area contributed by atoms with Gasteiger partial charge in [0.15, 0.2) is 0 Å². The van der Waals surface area contributed by atoms with E-state index in [4.69, 9.17) is 4.74 Å². The van der Waals surface area contributed by atoms with Crippen molar-refractivity contribution in [2.45, 2.75) is 20.8 Å². The fraction of sp³-hybridized carbons (Fsp3) is 0.174. The number of anilines is 2. The van der Waals surface area contributed by atoms with Crippen molar-refractivity contribution in [3.05, 3.63) is 64.9 Å². The Morgan fingerprint density at radius 3 is 2.52 bits per heavy atom. The lowest BCUT2D eigenvalue weighted by atomic mass is 10.1. The number of fused-ring (bicyclic) bond motifs is 1. The van der Waals surface area contributed by atoms with E-state index in [0.29, 0.717) is 22.0 Å².